The Kier molecular flexibility index (Phi) is 14.5. The van der Waals surface area contributed by atoms with Crippen molar-refractivity contribution >= 4 is 85.3 Å². The number of hydrogen-bond donors (Lipinski definition) is 0. The fourth-order valence-corrected chi connectivity index (χ4v) is 20.7. The quantitative estimate of drug-likeness (QED) is 0.120. The van der Waals surface area contributed by atoms with Gasteiger partial charge in [-0.1, -0.05) is 301 Å². The first-order valence-corrected chi connectivity index (χ1v) is 38.8. The first-order chi connectivity index (χ1) is 53.5. The summed E-state index contributed by atoms with van der Waals surface area (Å²) in [5.41, 5.74) is 38.2. The van der Waals surface area contributed by atoms with Crippen LogP contribution >= 0.6 is 0 Å². The number of anilines is 7. The Bertz CT molecular complexity index is 6340. The second-order valence-electron chi connectivity index (χ2n) is 31.8. The summed E-state index contributed by atoms with van der Waals surface area (Å²) < 4.78 is 2.43. The van der Waals surface area contributed by atoms with Crippen molar-refractivity contribution in [2.24, 2.45) is 0 Å². The first kappa shape index (κ1) is 64.7. The van der Waals surface area contributed by atoms with Gasteiger partial charge in [-0.3, -0.25) is 0 Å². The summed E-state index contributed by atoms with van der Waals surface area (Å²) in [5, 5.41) is 2.45. The predicted octanol–water partition coefficient (Wildman–Crippen LogP) is 25.2. The van der Waals surface area contributed by atoms with Crippen molar-refractivity contribution < 1.29 is 0 Å². The van der Waals surface area contributed by atoms with E-state index >= 15 is 0 Å². The number of allylic oxidation sites excluding steroid dienone is 1. The van der Waals surface area contributed by atoms with Crippen LogP contribution in [-0.2, 0) is 16.2 Å². The fraction of sp³-hybridized carbons (Fsp3) is 0.115. The lowest BCUT2D eigenvalue weighted by Crippen LogP contribution is -2.57. The SMILES string of the molecule is C/C=C/c1ccccc1N(c1ccccc1)[C@@H](C)C(C)B1c2ccc(-c3ccc4c(c3)c3ccccc3n4-c3ccccc3)cc2N(c2cccc3c2C2(c4ccccc4-c4ccccc42)c2ccccc2-3)c2cc(C(C)(C)C)cc(N(C)c3cccc4c3C3(c5ccccc5-c5ccccc53)c3ccccc3-4)c21. The highest BCUT2D eigenvalue weighted by Gasteiger charge is 2.56. The molecule has 0 amide bonds. The predicted molar refractivity (Wildman–Crippen MR) is 460 cm³/mol. The van der Waals surface area contributed by atoms with Crippen LogP contribution in [0.3, 0.4) is 0 Å². The maximum absolute atomic E-state index is 2.79. The highest BCUT2D eigenvalue weighted by molar-refractivity contribution is 6.90. The van der Waals surface area contributed by atoms with Crippen LogP contribution in [0.4, 0.5) is 39.8 Å². The Balaban J connectivity index is 0.887. The Morgan fingerprint density at radius 1 is 0.385 bits per heavy atom. The van der Waals surface area contributed by atoms with Gasteiger partial charge in [-0.15, -0.1) is 0 Å². The summed E-state index contributed by atoms with van der Waals surface area (Å²) in [7, 11) is 2.40. The summed E-state index contributed by atoms with van der Waals surface area (Å²) >= 11 is 0. The van der Waals surface area contributed by atoms with E-state index in [0.717, 1.165) is 16.9 Å². The number of aromatic nitrogens is 1. The summed E-state index contributed by atoms with van der Waals surface area (Å²) in [6.07, 6.45) is 4.46. The smallest absolute Gasteiger partial charge is 0.222 e. The van der Waals surface area contributed by atoms with Gasteiger partial charge in [0.2, 0.25) is 6.71 Å². The zero-order chi connectivity index (χ0) is 73.2. The van der Waals surface area contributed by atoms with E-state index in [-0.39, 0.29) is 24.0 Å². The maximum atomic E-state index is 2.79. The van der Waals surface area contributed by atoms with Gasteiger partial charge in [0.15, 0.2) is 0 Å². The lowest BCUT2D eigenvalue weighted by molar-refractivity contribution is 0.590. The van der Waals surface area contributed by atoms with Gasteiger partial charge in [0.1, 0.15) is 0 Å². The Labute approximate surface area is 639 Å². The normalized spacial score (nSPS) is 14.6. The molecule has 16 aromatic rings. The minimum atomic E-state index is -0.677. The Hall–Kier alpha value is -12.7. The van der Waals surface area contributed by atoms with E-state index in [4.69, 9.17) is 0 Å². The van der Waals surface area contributed by atoms with E-state index in [1.165, 1.54) is 173 Å². The molecule has 109 heavy (non-hydrogen) atoms. The average Bonchev–Trinajstić information content (AvgIpc) is 1.52. The highest BCUT2D eigenvalue weighted by atomic mass is 15.2. The van der Waals surface area contributed by atoms with Crippen molar-refractivity contribution in [2.45, 2.75) is 69.6 Å². The van der Waals surface area contributed by atoms with Gasteiger partial charge >= 0.3 is 0 Å². The van der Waals surface area contributed by atoms with Crippen LogP contribution in [0.5, 0.6) is 0 Å². The lowest BCUT2D eigenvalue weighted by atomic mass is 9.30. The van der Waals surface area contributed by atoms with Crippen molar-refractivity contribution in [3.8, 4) is 61.3 Å². The average molecular weight is 1400 g/mol. The molecule has 5 aliphatic rings. The van der Waals surface area contributed by atoms with E-state index in [1.807, 2.05) is 0 Å². The van der Waals surface area contributed by atoms with Crippen LogP contribution in [0, 0.1) is 0 Å². The van der Waals surface area contributed by atoms with Crippen molar-refractivity contribution in [2.75, 3.05) is 21.7 Å². The molecular weight excluding hydrogens is 1320 g/mol. The molecule has 0 bridgehead atoms. The number of fused-ring (bicyclic) bond motifs is 25. The zero-order valence-electron chi connectivity index (χ0n) is 62.5. The lowest BCUT2D eigenvalue weighted by Gasteiger charge is -2.46. The van der Waals surface area contributed by atoms with Crippen LogP contribution in [0.25, 0.3) is 89.2 Å². The molecule has 0 fully saturated rings. The van der Waals surface area contributed by atoms with E-state index in [1.54, 1.807) is 0 Å². The molecule has 0 saturated carbocycles. The number of para-hydroxylation sites is 4. The van der Waals surface area contributed by atoms with Crippen molar-refractivity contribution in [3.63, 3.8) is 0 Å². The molecule has 21 rings (SSSR count). The highest BCUT2D eigenvalue weighted by Crippen LogP contribution is 2.68. The molecule has 15 aromatic carbocycles. The topological polar surface area (TPSA) is 14.7 Å². The molecule has 2 spiro atoms. The monoisotopic (exact) mass is 1400 g/mol. The molecule has 520 valence electrons. The molecule has 1 aliphatic heterocycles. The van der Waals surface area contributed by atoms with Gasteiger partial charge in [-0.25, -0.2) is 0 Å². The molecule has 0 saturated heterocycles. The van der Waals surface area contributed by atoms with E-state index in [9.17, 15) is 0 Å². The van der Waals surface area contributed by atoms with E-state index < -0.39 is 10.8 Å². The minimum absolute atomic E-state index is 0.0474. The van der Waals surface area contributed by atoms with Crippen LogP contribution in [0.2, 0.25) is 5.82 Å². The molecule has 1 unspecified atom stereocenters. The molecule has 0 radical (unpaired) electrons. The van der Waals surface area contributed by atoms with Crippen molar-refractivity contribution in [1.82, 2.24) is 4.57 Å². The fourth-order valence-electron chi connectivity index (χ4n) is 20.7. The third-order valence-electron chi connectivity index (χ3n) is 25.4. The van der Waals surface area contributed by atoms with Crippen LogP contribution in [0.1, 0.15) is 97.2 Å². The molecular formula is C104H81BN4. The largest absolute Gasteiger partial charge is 0.345 e. The summed E-state index contributed by atoms with van der Waals surface area (Å²) in [5.74, 6) is -0.0474. The Morgan fingerprint density at radius 3 is 1.45 bits per heavy atom. The summed E-state index contributed by atoms with van der Waals surface area (Å²) in [6, 6.07) is 130. The molecule has 2 heterocycles. The standard InChI is InChI=1S/C104H81BN4/c1-8-33-68-34-15-29-54-91(68)107(72-35-11-9-12-36-72)67(3)66(2)105-90-60-58-70(69-59-61-93-83(62-69)80-45-22-30-55-92(80)108(93)73-37-13-10-14-38-73)63-96(90)109(95-57-32-47-82-79-44-21-28-53-89(79)104(100(82)95)86-50-25-18-41-76(86)77-42-19-26-51-87(77)104)98-65-71(102(4,5)6)64-97(101(98)105)106(7)94-56-31-46-81-78-43-20-27-52-88(78)103(99(81)94)84-48-23-16-39-74(84)75-40-17-24-49-85(75)103/h8-67H,1-7H3/b33-8+/t66?,67-/m0/s1. The van der Waals surface area contributed by atoms with Crippen LogP contribution in [0.15, 0.2) is 346 Å². The third kappa shape index (κ3) is 9.08. The first-order valence-electron chi connectivity index (χ1n) is 38.8. The molecule has 4 nitrogen and oxygen atoms in total. The molecule has 5 heteroatoms. The molecule has 0 N–H and O–H groups in total. The summed E-state index contributed by atoms with van der Waals surface area (Å²) in [6.45, 7) is 14.3. The van der Waals surface area contributed by atoms with Crippen LogP contribution < -0.4 is 25.6 Å². The second kappa shape index (κ2) is 24.4. The number of benzene rings is 15. The van der Waals surface area contributed by atoms with Gasteiger partial charge in [0.05, 0.1) is 27.6 Å². The Morgan fingerprint density at radius 2 is 0.853 bits per heavy atom. The van der Waals surface area contributed by atoms with E-state index in [2.05, 4.69) is 420 Å². The van der Waals surface area contributed by atoms with Gasteiger partial charge in [0, 0.05) is 74.8 Å². The molecule has 2 atom stereocenters. The van der Waals surface area contributed by atoms with Gasteiger partial charge < -0.3 is 19.3 Å². The van der Waals surface area contributed by atoms with Gasteiger partial charge in [-0.2, -0.15) is 0 Å². The number of nitrogens with zero attached hydrogens (tertiary/aromatic N) is 4. The number of hydrogen-bond acceptors (Lipinski definition) is 3. The molecule has 4 aliphatic carbocycles. The maximum Gasteiger partial charge on any atom is 0.222 e. The van der Waals surface area contributed by atoms with Crippen LogP contribution in [-0.4, -0.2) is 24.4 Å². The molecule has 1 aromatic heterocycles. The minimum Gasteiger partial charge on any atom is -0.345 e. The van der Waals surface area contributed by atoms with Crippen molar-refractivity contribution in [3.05, 3.63) is 401 Å². The van der Waals surface area contributed by atoms with Crippen molar-refractivity contribution in [1.29, 1.82) is 0 Å². The zero-order valence-corrected chi connectivity index (χ0v) is 62.5. The van der Waals surface area contributed by atoms with E-state index in [0.29, 0.717) is 0 Å². The van der Waals surface area contributed by atoms with Gasteiger partial charge in [0.25, 0.3) is 0 Å². The summed E-state index contributed by atoms with van der Waals surface area (Å²) in [4.78, 5) is 8.09. The second-order valence-corrected chi connectivity index (χ2v) is 31.8. The van der Waals surface area contributed by atoms with Gasteiger partial charge in [-0.05, 0) is 215 Å². The number of rotatable bonds is 11. The third-order valence-corrected chi connectivity index (χ3v) is 25.4.